The summed E-state index contributed by atoms with van der Waals surface area (Å²) in [6, 6.07) is 19.5. The maximum absolute atomic E-state index is 12.0. The van der Waals surface area contributed by atoms with Gasteiger partial charge in [0.25, 0.3) is 0 Å². The molecule has 38 heavy (non-hydrogen) atoms. The third-order valence-corrected chi connectivity index (χ3v) is 5.84. The fourth-order valence-electron chi connectivity index (χ4n) is 3.90. The maximum Gasteiger partial charge on any atom is 0.336 e. The Hall–Kier alpha value is -4.21. The molecule has 2 atom stereocenters. The summed E-state index contributed by atoms with van der Waals surface area (Å²) in [6.45, 7) is 1.95. The van der Waals surface area contributed by atoms with Crippen molar-refractivity contribution >= 4 is 11.0 Å². The molecule has 1 N–H and O–H groups in total. The monoisotopic (exact) mass is 522 g/mol. The zero-order valence-electron chi connectivity index (χ0n) is 21.6. The van der Waals surface area contributed by atoms with Crippen LogP contribution in [0, 0.1) is 0 Å². The molecular weight excluding hydrogens is 492 g/mol. The Balaban J connectivity index is 1.61. The van der Waals surface area contributed by atoms with Crippen molar-refractivity contribution in [3.63, 3.8) is 0 Å². The van der Waals surface area contributed by atoms with Gasteiger partial charge >= 0.3 is 5.63 Å². The van der Waals surface area contributed by atoms with Crippen molar-refractivity contribution in [1.29, 1.82) is 0 Å². The Morgan fingerprint density at radius 2 is 1.61 bits per heavy atom. The largest absolute Gasteiger partial charge is 0.493 e. The molecule has 0 spiro atoms. The SMILES string of the molecule is COCOc1c(OC)cc2ccc(=O)oc2c1O[C@@H](C)[C@H](O)c1ccc(OCc2ccccc2)c(OC)c1. The molecule has 0 aliphatic carbocycles. The van der Waals surface area contributed by atoms with Crippen LogP contribution in [0.5, 0.6) is 28.7 Å². The molecule has 0 aliphatic rings. The van der Waals surface area contributed by atoms with E-state index in [0.29, 0.717) is 34.8 Å². The van der Waals surface area contributed by atoms with Crippen LogP contribution >= 0.6 is 0 Å². The topological polar surface area (TPSA) is 106 Å². The maximum atomic E-state index is 12.0. The minimum absolute atomic E-state index is 0.103. The van der Waals surface area contributed by atoms with E-state index in [4.69, 9.17) is 32.8 Å². The van der Waals surface area contributed by atoms with Crippen LogP contribution in [0.1, 0.15) is 24.2 Å². The average Bonchev–Trinajstić information content (AvgIpc) is 2.95. The first-order valence-electron chi connectivity index (χ1n) is 11.9. The Kier molecular flexibility index (Phi) is 8.73. The summed E-state index contributed by atoms with van der Waals surface area (Å²) in [6.07, 6.45) is -1.89. The molecule has 9 nitrogen and oxygen atoms in total. The molecule has 1 heterocycles. The van der Waals surface area contributed by atoms with E-state index >= 15 is 0 Å². The van der Waals surface area contributed by atoms with Gasteiger partial charge in [-0.3, -0.25) is 0 Å². The Labute approximate surface area is 220 Å². The van der Waals surface area contributed by atoms with Crippen molar-refractivity contribution in [3.05, 3.63) is 88.3 Å². The van der Waals surface area contributed by atoms with Gasteiger partial charge in [0.2, 0.25) is 11.5 Å². The van der Waals surface area contributed by atoms with E-state index in [1.54, 1.807) is 37.3 Å². The molecule has 0 saturated carbocycles. The lowest BCUT2D eigenvalue weighted by atomic mass is 10.0. The van der Waals surface area contributed by atoms with E-state index in [-0.39, 0.29) is 23.9 Å². The molecule has 0 unspecified atom stereocenters. The van der Waals surface area contributed by atoms with Gasteiger partial charge in [-0.25, -0.2) is 4.79 Å². The van der Waals surface area contributed by atoms with Crippen molar-refractivity contribution in [2.75, 3.05) is 28.1 Å². The van der Waals surface area contributed by atoms with Crippen LogP contribution in [-0.2, 0) is 11.3 Å². The first-order chi connectivity index (χ1) is 18.4. The predicted octanol–water partition coefficient (Wildman–Crippen LogP) is 4.87. The lowest BCUT2D eigenvalue weighted by Crippen LogP contribution is -2.22. The number of aliphatic hydroxyl groups is 1. The zero-order valence-corrected chi connectivity index (χ0v) is 21.6. The smallest absolute Gasteiger partial charge is 0.336 e. The van der Waals surface area contributed by atoms with E-state index in [1.165, 1.54) is 27.4 Å². The lowest BCUT2D eigenvalue weighted by molar-refractivity contribution is 0.0303. The van der Waals surface area contributed by atoms with Crippen LogP contribution in [0.2, 0.25) is 0 Å². The molecule has 4 rings (SSSR count). The van der Waals surface area contributed by atoms with Gasteiger partial charge in [0.1, 0.15) is 18.8 Å². The number of fused-ring (bicyclic) bond motifs is 1. The third kappa shape index (κ3) is 6.01. The highest BCUT2D eigenvalue weighted by Crippen LogP contribution is 2.44. The molecule has 0 aliphatic heterocycles. The molecule has 200 valence electrons. The van der Waals surface area contributed by atoms with Crippen molar-refractivity contribution < 1.29 is 37.9 Å². The summed E-state index contributed by atoms with van der Waals surface area (Å²) in [5, 5.41) is 11.7. The van der Waals surface area contributed by atoms with Crippen molar-refractivity contribution in [1.82, 2.24) is 0 Å². The van der Waals surface area contributed by atoms with Crippen LogP contribution in [0.15, 0.2) is 75.9 Å². The number of methoxy groups -OCH3 is 3. The summed E-state index contributed by atoms with van der Waals surface area (Å²) in [7, 11) is 4.49. The van der Waals surface area contributed by atoms with Gasteiger partial charge in [0, 0.05) is 18.6 Å². The van der Waals surface area contributed by atoms with E-state index in [1.807, 2.05) is 30.3 Å². The van der Waals surface area contributed by atoms with Gasteiger partial charge in [-0.1, -0.05) is 36.4 Å². The standard InChI is InChI=1S/C29H30O9/c1-18(26(31)20-10-12-22(23(14-20)33-3)35-16-19-8-6-5-7-9-19)37-29-27-21(11-13-25(30)38-27)15-24(34-4)28(29)36-17-32-2/h5-15,18,26,31H,16-17H2,1-4H3/t18-,26-/m0/s1. The van der Waals surface area contributed by atoms with Crippen LogP contribution in [0.25, 0.3) is 11.0 Å². The summed E-state index contributed by atoms with van der Waals surface area (Å²) >= 11 is 0. The molecule has 0 fully saturated rings. The van der Waals surface area contributed by atoms with Gasteiger partial charge in [0.15, 0.2) is 29.6 Å². The normalized spacial score (nSPS) is 12.6. The summed E-state index contributed by atoms with van der Waals surface area (Å²) in [5.41, 5.74) is 1.15. The van der Waals surface area contributed by atoms with Crippen molar-refractivity contribution in [2.24, 2.45) is 0 Å². The Morgan fingerprint density at radius 3 is 2.32 bits per heavy atom. The molecule has 0 amide bonds. The van der Waals surface area contributed by atoms with Gasteiger partial charge < -0.3 is 37.9 Å². The first-order valence-corrected chi connectivity index (χ1v) is 11.9. The second-order valence-electron chi connectivity index (χ2n) is 8.41. The first kappa shape index (κ1) is 26.8. The molecule has 9 heteroatoms. The van der Waals surface area contributed by atoms with Gasteiger partial charge in [-0.2, -0.15) is 0 Å². The Morgan fingerprint density at radius 1 is 0.842 bits per heavy atom. The third-order valence-electron chi connectivity index (χ3n) is 5.84. The van der Waals surface area contributed by atoms with Crippen molar-refractivity contribution in [2.45, 2.75) is 25.7 Å². The highest BCUT2D eigenvalue weighted by Gasteiger charge is 2.26. The van der Waals surface area contributed by atoms with Gasteiger partial charge in [-0.05, 0) is 42.3 Å². The summed E-state index contributed by atoms with van der Waals surface area (Å²) in [4.78, 5) is 12.0. The summed E-state index contributed by atoms with van der Waals surface area (Å²) in [5.74, 6) is 1.64. The molecule has 0 saturated heterocycles. The fourth-order valence-corrected chi connectivity index (χ4v) is 3.90. The van der Waals surface area contributed by atoms with E-state index in [9.17, 15) is 9.90 Å². The number of rotatable bonds is 12. The number of benzene rings is 3. The molecular formula is C29H30O9. The minimum Gasteiger partial charge on any atom is -0.493 e. The van der Waals surface area contributed by atoms with Crippen LogP contribution in [0.3, 0.4) is 0 Å². The van der Waals surface area contributed by atoms with E-state index < -0.39 is 17.8 Å². The lowest BCUT2D eigenvalue weighted by Gasteiger charge is -2.24. The Bertz CT molecular complexity index is 1420. The van der Waals surface area contributed by atoms with Crippen LogP contribution in [0.4, 0.5) is 0 Å². The molecule has 1 aromatic heterocycles. The molecule has 0 bridgehead atoms. The number of hydrogen-bond acceptors (Lipinski definition) is 9. The fraction of sp³-hybridized carbons (Fsp3) is 0.276. The van der Waals surface area contributed by atoms with Gasteiger partial charge in [-0.15, -0.1) is 0 Å². The highest BCUT2D eigenvalue weighted by atomic mass is 16.7. The van der Waals surface area contributed by atoms with Crippen molar-refractivity contribution in [3.8, 4) is 28.7 Å². The predicted molar refractivity (Wildman–Crippen MR) is 140 cm³/mol. The quantitative estimate of drug-likeness (QED) is 0.206. The van der Waals surface area contributed by atoms with Crippen LogP contribution < -0.4 is 29.3 Å². The van der Waals surface area contributed by atoms with E-state index in [0.717, 1.165) is 5.56 Å². The molecule has 4 aromatic rings. The number of ether oxygens (including phenoxy) is 6. The second-order valence-corrected chi connectivity index (χ2v) is 8.41. The second kappa shape index (κ2) is 12.4. The summed E-state index contributed by atoms with van der Waals surface area (Å²) < 4.78 is 39.3. The number of aliphatic hydroxyl groups excluding tert-OH is 1. The minimum atomic E-state index is -1.08. The average molecular weight is 523 g/mol. The van der Waals surface area contributed by atoms with Gasteiger partial charge in [0.05, 0.1) is 14.2 Å². The zero-order chi connectivity index (χ0) is 27.1. The molecule has 3 aromatic carbocycles. The molecule has 0 radical (unpaired) electrons. The van der Waals surface area contributed by atoms with E-state index in [2.05, 4.69) is 0 Å². The highest BCUT2D eigenvalue weighted by molar-refractivity contribution is 5.88. The number of hydrogen-bond donors (Lipinski definition) is 1. The van der Waals surface area contributed by atoms with Crippen LogP contribution in [-0.4, -0.2) is 39.3 Å².